The molecule has 0 saturated carbocycles. The van der Waals surface area contributed by atoms with Crippen LogP contribution in [0.5, 0.6) is 0 Å². The monoisotopic (exact) mass is 388 g/mol. The maximum atomic E-state index is 12.2. The molecule has 27 heavy (non-hydrogen) atoms. The average Bonchev–Trinajstić information content (AvgIpc) is 3.16. The molecule has 0 aliphatic heterocycles. The van der Waals surface area contributed by atoms with Gasteiger partial charge in [0.25, 0.3) is 11.5 Å². The summed E-state index contributed by atoms with van der Waals surface area (Å²) in [5.74, 6) is -1.42. The van der Waals surface area contributed by atoms with Gasteiger partial charge in [0, 0.05) is 18.1 Å². The second-order valence-corrected chi connectivity index (χ2v) is 5.74. The zero-order chi connectivity index (χ0) is 19.4. The highest BCUT2D eigenvalue weighted by atomic mass is 35.5. The number of hydrogen-bond acceptors (Lipinski definition) is 7. The summed E-state index contributed by atoms with van der Waals surface area (Å²) in [5, 5.41) is 10.8. The molecule has 3 rings (SSSR count). The van der Waals surface area contributed by atoms with Crippen molar-refractivity contribution in [2.45, 2.75) is 0 Å². The standard InChI is InChI=1S/C16H13ClN6O4/c1-22-15(25)5-3-11(21-22)16(26)27-7-14(24)20-12-6-10(17)2-4-13(12)23-9-18-8-19-23/h2-6,8-9H,7H2,1H3,(H,20,24). The molecule has 1 N–H and O–H groups in total. The van der Waals surface area contributed by atoms with Crippen LogP contribution in [0.2, 0.25) is 5.02 Å². The Morgan fingerprint density at radius 2 is 2.07 bits per heavy atom. The molecule has 138 valence electrons. The summed E-state index contributed by atoms with van der Waals surface area (Å²) in [5.41, 5.74) is 0.451. The normalized spacial score (nSPS) is 10.4. The maximum Gasteiger partial charge on any atom is 0.359 e. The van der Waals surface area contributed by atoms with Crippen molar-refractivity contribution in [3.8, 4) is 5.69 Å². The van der Waals surface area contributed by atoms with Gasteiger partial charge in [-0.15, -0.1) is 0 Å². The fourth-order valence-corrected chi connectivity index (χ4v) is 2.32. The van der Waals surface area contributed by atoms with Gasteiger partial charge in [0.2, 0.25) is 0 Å². The second-order valence-electron chi connectivity index (χ2n) is 5.31. The molecule has 2 heterocycles. The largest absolute Gasteiger partial charge is 0.451 e. The zero-order valence-electron chi connectivity index (χ0n) is 14.0. The summed E-state index contributed by atoms with van der Waals surface area (Å²) in [7, 11) is 1.40. The van der Waals surface area contributed by atoms with Gasteiger partial charge >= 0.3 is 5.97 Å². The van der Waals surface area contributed by atoms with E-state index in [1.54, 1.807) is 12.1 Å². The Bertz CT molecular complexity index is 1050. The Morgan fingerprint density at radius 3 is 2.78 bits per heavy atom. The maximum absolute atomic E-state index is 12.2. The van der Waals surface area contributed by atoms with Crippen LogP contribution >= 0.6 is 11.6 Å². The fraction of sp³-hybridized carbons (Fsp3) is 0.125. The van der Waals surface area contributed by atoms with Crippen molar-refractivity contribution in [1.29, 1.82) is 0 Å². The van der Waals surface area contributed by atoms with Crippen molar-refractivity contribution in [2.24, 2.45) is 7.05 Å². The van der Waals surface area contributed by atoms with Crippen LogP contribution in [0.3, 0.4) is 0 Å². The van der Waals surface area contributed by atoms with Crippen LogP contribution in [0.15, 0.2) is 47.8 Å². The lowest BCUT2D eigenvalue weighted by Crippen LogP contribution is -2.25. The van der Waals surface area contributed by atoms with Crippen molar-refractivity contribution < 1.29 is 14.3 Å². The van der Waals surface area contributed by atoms with Gasteiger partial charge in [0.1, 0.15) is 12.7 Å². The molecule has 10 nitrogen and oxygen atoms in total. The van der Waals surface area contributed by atoms with Crippen LogP contribution in [0, 0.1) is 0 Å². The smallest absolute Gasteiger partial charge is 0.359 e. The van der Waals surface area contributed by atoms with E-state index in [1.165, 1.54) is 42.6 Å². The molecular formula is C16H13ClN6O4. The molecule has 3 aromatic rings. The predicted molar refractivity (Wildman–Crippen MR) is 94.8 cm³/mol. The van der Waals surface area contributed by atoms with E-state index >= 15 is 0 Å². The Morgan fingerprint density at radius 1 is 1.26 bits per heavy atom. The second kappa shape index (κ2) is 7.79. The minimum Gasteiger partial charge on any atom is -0.451 e. The molecule has 0 saturated heterocycles. The lowest BCUT2D eigenvalue weighted by Gasteiger charge is -2.11. The van der Waals surface area contributed by atoms with Crippen molar-refractivity contribution >= 4 is 29.2 Å². The molecule has 1 aromatic carbocycles. The van der Waals surface area contributed by atoms with Gasteiger partial charge in [-0.3, -0.25) is 9.59 Å². The van der Waals surface area contributed by atoms with Gasteiger partial charge in [-0.25, -0.2) is 19.1 Å². The number of anilines is 1. The van der Waals surface area contributed by atoms with Crippen molar-refractivity contribution in [3.05, 3.63) is 64.1 Å². The molecule has 0 spiro atoms. The number of carbonyl (C=O) groups excluding carboxylic acids is 2. The Labute approximate surface area is 157 Å². The van der Waals surface area contributed by atoms with Crippen LogP contribution in [0.1, 0.15) is 10.5 Å². The molecule has 0 bridgehead atoms. The number of halogens is 1. The van der Waals surface area contributed by atoms with Gasteiger partial charge in [-0.2, -0.15) is 10.2 Å². The number of rotatable bonds is 5. The van der Waals surface area contributed by atoms with Crippen molar-refractivity contribution in [2.75, 3.05) is 11.9 Å². The molecule has 0 fully saturated rings. The summed E-state index contributed by atoms with van der Waals surface area (Å²) in [6.07, 6.45) is 2.81. The zero-order valence-corrected chi connectivity index (χ0v) is 14.8. The van der Waals surface area contributed by atoms with Crippen LogP contribution in [-0.2, 0) is 16.6 Å². The molecule has 0 radical (unpaired) electrons. The summed E-state index contributed by atoms with van der Waals surface area (Å²) < 4.78 is 7.36. The van der Waals surface area contributed by atoms with E-state index in [-0.39, 0.29) is 11.3 Å². The summed E-state index contributed by atoms with van der Waals surface area (Å²) in [4.78, 5) is 39.2. The number of nitrogens with zero attached hydrogens (tertiary/aromatic N) is 5. The van der Waals surface area contributed by atoms with E-state index < -0.39 is 18.5 Å². The highest BCUT2D eigenvalue weighted by Gasteiger charge is 2.15. The van der Waals surface area contributed by atoms with E-state index in [0.29, 0.717) is 16.4 Å². The van der Waals surface area contributed by atoms with Crippen LogP contribution < -0.4 is 10.9 Å². The molecule has 0 atom stereocenters. The Hall–Kier alpha value is -3.53. The number of amides is 1. The number of hydrogen-bond donors (Lipinski definition) is 1. The number of aromatic nitrogens is 5. The number of aryl methyl sites for hydroxylation is 1. The van der Waals surface area contributed by atoms with Gasteiger partial charge in [-0.05, 0) is 24.3 Å². The number of nitrogens with one attached hydrogen (secondary N) is 1. The van der Waals surface area contributed by atoms with Crippen molar-refractivity contribution in [1.82, 2.24) is 24.5 Å². The van der Waals surface area contributed by atoms with Gasteiger partial charge < -0.3 is 10.1 Å². The first kappa shape index (κ1) is 18.3. The molecule has 1 amide bonds. The first-order chi connectivity index (χ1) is 12.9. The predicted octanol–water partition coefficient (Wildman–Crippen LogP) is 0.810. The third kappa shape index (κ3) is 4.36. The fourth-order valence-electron chi connectivity index (χ4n) is 2.14. The number of carbonyl (C=O) groups is 2. The number of benzene rings is 1. The molecular weight excluding hydrogens is 376 g/mol. The lowest BCUT2D eigenvalue weighted by atomic mass is 10.2. The number of esters is 1. The summed E-state index contributed by atoms with van der Waals surface area (Å²) >= 11 is 5.98. The third-order valence-electron chi connectivity index (χ3n) is 3.40. The lowest BCUT2D eigenvalue weighted by molar-refractivity contribution is -0.119. The molecule has 2 aromatic heterocycles. The first-order valence-electron chi connectivity index (χ1n) is 7.60. The minimum atomic E-state index is -0.830. The molecule has 0 unspecified atom stereocenters. The third-order valence-corrected chi connectivity index (χ3v) is 3.64. The molecule has 0 aliphatic carbocycles. The van der Waals surface area contributed by atoms with E-state index in [0.717, 1.165) is 4.68 Å². The van der Waals surface area contributed by atoms with E-state index in [9.17, 15) is 14.4 Å². The summed E-state index contributed by atoms with van der Waals surface area (Å²) in [6, 6.07) is 7.24. The minimum absolute atomic E-state index is 0.0871. The SMILES string of the molecule is Cn1nc(C(=O)OCC(=O)Nc2cc(Cl)ccc2-n2cncn2)ccc1=O. The first-order valence-corrected chi connectivity index (χ1v) is 7.98. The summed E-state index contributed by atoms with van der Waals surface area (Å²) in [6.45, 7) is -0.549. The van der Waals surface area contributed by atoms with Gasteiger partial charge in [0.15, 0.2) is 12.3 Å². The van der Waals surface area contributed by atoms with E-state index in [2.05, 4.69) is 20.5 Å². The quantitative estimate of drug-likeness (QED) is 0.642. The molecule has 0 aliphatic rings. The Balaban J connectivity index is 1.68. The highest BCUT2D eigenvalue weighted by Crippen LogP contribution is 2.23. The van der Waals surface area contributed by atoms with E-state index in [1.807, 2.05) is 0 Å². The molecule has 11 heteroatoms. The van der Waals surface area contributed by atoms with Crippen LogP contribution in [-0.4, -0.2) is 43.0 Å². The topological polar surface area (TPSA) is 121 Å². The average molecular weight is 389 g/mol. The highest BCUT2D eigenvalue weighted by molar-refractivity contribution is 6.31. The Kier molecular flexibility index (Phi) is 5.27. The van der Waals surface area contributed by atoms with Crippen LogP contribution in [0.4, 0.5) is 5.69 Å². The van der Waals surface area contributed by atoms with Crippen molar-refractivity contribution in [3.63, 3.8) is 0 Å². The van der Waals surface area contributed by atoms with Gasteiger partial charge in [-0.1, -0.05) is 11.6 Å². The van der Waals surface area contributed by atoms with Gasteiger partial charge in [0.05, 0.1) is 11.4 Å². The number of ether oxygens (including phenoxy) is 1. The van der Waals surface area contributed by atoms with E-state index in [4.69, 9.17) is 16.3 Å². The van der Waals surface area contributed by atoms with Crippen LogP contribution in [0.25, 0.3) is 5.69 Å².